The van der Waals surface area contributed by atoms with Crippen LogP contribution in [0.15, 0.2) is 49.1 Å². The predicted octanol–water partition coefficient (Wildman–Crippen LogP) is 3.70. The van der Waals surface area contributed by atoms with E-state index in [1.54, 1.807) is 27.8 Å². The largest absolute Gasteiger partial charge is 0.275 e. The van der Waals surface area contributed by atoms with E-state index in [4.69, 9.17) is 16.6 Å². The van der Waals surface area contributed by atoms with Crippen molar-refractivity contribution >= 4 is 28.3 Å². The fourth-order valence-electron chi connectivity index (χ4n) is 3.13. The number of imidazole rings is 1. The number of aromatic nitrogens is 7. The Morgan fingerprint density at radius 3 is 2.78 bits per heavy atom. The van der Waals surface area contributed by atoms with E-state index in [1.165, 1.54) is 0 Å². The van der Waals surface area contributed by atoms with Crippen LogP contribution in [0.5, 0.6) is 0 Å². The number of rotatable bonds is 2. The Hall–Kier alpha value is -3.32. The van der Waals surface area contributed by atoms with Gasteiger partial charge in [0.1, 0.15) is 0 Å². The Bertz CT molecular complexity index is 1320. The molecule has 0 atom stereocenters. The van der Waals surface area contributed by atoms with Gasteiger partial charge in [0.2, 0.25) is 0 Å². The zero-order chi connectivity index (χ0) is 18.5. The fourth-order valence-corrected chi connectivity index (χ4v) is 3.26. The molecule has 7 nitrogen and oxygen atoms in total. The molecular weight excluding hydrogens is 362 g/mol. The van der Waals surface area contributed by atoms with Crippen LogP contribution in [0, 0.1) is 6.92 Å². The molecule has 0 N–H and O–H groups in total. The van der Waals surface area contributed by atoms with Gasteiger partial charge in [0.05, 0.1) is 34.5 Å². The van der Waals surface area contributed by atoms with E-state index in [9.17, 15) is 0 Å². The maximum atomic E-state index is 6.17. The first kappa shape index (κ1) is 15.9. The molecule has 132 valence electrons. The molecule has 0 amide bonds. The number of halogens is 1. The standard InChI is InChI=1S/C19H14ClN7/c1-11-15(20)7-18-22-9-17(27(18)25-11)13-5-6-21-19-14(13)3-4-16(24-19)12-8-23-26(2)10-12/h3-10H,1-2H3. The molecule has 0 spiro atoms. The van der Waals surface area contributed by atoms with Gasteiger partial charge in [-0.1, -0.05) is 11.6 Å². The Morgan fingerprint density at radius 2 is 1.96 bits per heavy atom. The maximum Gasteiger partial charge on any atom is 0.160 e. The summed E-state index contributed by atoms with van der Waals surface area (Å²) in [6.07, 6.45) is 7.26. The lowest BCUT2D eigenvalue weighted by Gasteiger charge is -2.07. The van der Waals surface area contributed by atoms with Gasteiger partial charge in [-0.05, 0) is 25.1 Å². The van der Waals surface area contributed by atoms with Gasteiger partial charge in [-0.2, -0.15) is 10.2 Å². The van der Waals surface area contributed by atoms with Crippen molar-refractivity contribution in [2.24, 2.45) is 7.05 Å². The summed E-state index contributed by atoms with van der Waals surface area (Å²) >= 11 is 6.17. The molecule has 0 saturated heterocycles. The van der Waals surface area contributed by atoms with Crippen LogP contribution < -0.4 is 0 Å². The number of fused-ring (bicyclic) bond motifs is 2. The summed E-state index contributed by atoms with van der Waals surface area (Å²) in [6.45, 7) is 1.87. The van der Waals surface area contributed by atoms with E-state index < -0.39 is 0 Å². The Kier molecular flexibility index (Phi) is 3.45. The molecule has 0 fully saturated rings. The average Bonchev–Trinajstić information content (AvgIpc) is 3.27. The quantitative estimate of drug-likeness (QED) is 0.470. The summed E-state index contributed by atoms with van der Waals surface area (Å²) in [5, 5.41) is 10.3. The zero-order valence-electron chi connectivity index (χ0n) is 14.6. The minimum Gasteiger partial charge on any atom is -0.275 e. The Morgan fingerprint density at radius 1 is 1.07 bits per heavy atom. The Labute approximate surface area is 159 Å². The first-order valence-corrected chi connectivity index (χ1v) is 8.74. The second kappa shape index (κ2) is 5.85. The van der Waals surface area contributed by atoms with Crippen LogP contribution in [0.3, 0.4) is 0 Å². The van der Waals surface area contributed by atoms with Crippen molar-refractivity contribution in [1.29, 1.82) is 0 Å². The van der Waals surface area contributed by atoms with Crippen LogP contribution in [-0.4, -0.2) is 34.3 Å². The molecular formula is C19H14ClN7. The summed E-state index contributed by atoms with van der Waals surface area (Å²) in [5.74, 6) is 0. The molecule has 0 aliphatic heterocycles. The smallest absolute Gasteiger partial charge is 0.160 e. The van der Waals surface area contributed by atoms with Gasteiger partial charge in [0, 0.05) is 42.0 Å². The van der Waals surface area contributed by atoms with Gasteiger partial charge in [-0.3, -0.25) is 4.68 Å². The SMILES string of the molecule is Cc1nn2c(-c3ccnc4nc(-c5cnn(C)c5)ccc34)cnc2cc1Cl. The molecule has 0 aromatic carbocycles. The van der Waals surface area contributed by atoms with Crippen LogP contribution >= 0.6 is 11.6 Å². The monoisotopic (exact) mass is 375 g/mol. The highest BCUT2D eigenvalue weighted by atomic mass is 35.5. The van der Waals surface area contributed by atoms with E-state index in [0.29, 0.717) is 16.3 Å². The minimum atomic E-state index is 0.599. The highest BCUT2D eigenvalue weighted by Crippen LogP contribution is 2.29. The third-order valence-corrected chi connectivity index (χ3v) is 4.88. The molecule has 0 saturated carbocycles. The van der Waals surface area contributed by atoms with Crippen molar-refractivity contribution in [2.45, 2.75) is 6.92 Å². The molecule has 5 rings (SSSR count). The van der Waals surface area contributed by atoms with Crippen molar-refractivity contribution in [2.75, 3.05) is 0 Å². The number of hydrogen-bond donors (Lipinski definition) is 0. The maximum absolute atomic E-state index is 6.17. The molecule has 0 unspecified atom stereocenters. The van der Waals surface area contributed by atoms with Crippen LogP contribution in [-0.2, 0) is 7.05 Å². The predicted molar refractivity (Wildman–Crippen MR) is 103 cm³/mol. The van der Waals surface area contributed by atoms with E-state index in [2.05, 4.69) is 20.2 Å². The summed E-state index contributed by atoms with van der Waals surface area (Å²) < 4.78 is 3.55. The normalized spacial score (nSPS) is 11.5. The van der Waals surface area contributed by atoms with Gasteiger partial charge < -0.3 is 0 Å². The lowest BCUT2D eigenvalue weighted by atomic mass is 10.1. The minimum absolute atomic E-state index is 0.599. The van der Waals surface area contributed by atoms with Crippen LogP contribution in [0.25, 0.3) is 39.2 Å². The van der Waals surface area contributed by atoms with Crippen LogP contribution in [0.4, 0.5) is 0 Å². The lowest BCUT2D eigenvalue weighted by molar-refractivity contribution is 0.768. The van der Waals surface area contributed by atoms with Crippen molar-refractivity contribution in [3.8, 4) is 22.5 Å². The molecule has 0 aliphatic carbocycles. The topological polar surface area (TPSA) is 73.8 Å². The van der Waals surface area contributed by atoms with Gasteiger partial charge >= 0.3 is 0 Å². The number of pyridine rings is 2. The van der Waals surface area contributed by atoms with Crippen molar-refractivity contribution in [1.82, 2.24) is 34.3 Å². The molecule has 27 heavy (non-hydrogen) atoms. The molecule has 8 heteroatoms. The summed E-state index contributed by atoms with van der Waals surface area (Å²) in [4.78, 5) is 13.6. The summed E-state index contributed by atoms with van der Waals surface area (Å²) in [7, 11) is 1.88. The van der Waals surface area contributed by atoms with E-state index in [-0.39, 0.29) is 0 Å². The molecule has 5 heterocycles. The third-order valence-electron chi connectivity index (χ3n) is 4.50. The zero-order valence-corrected chi connectivity index (χ0v) is 15.4. The van der Waals surface area contributed by atoms with Gasteiger partial charge in [-0.25, -0.2) is 19.5 Å². The first-order valence-electron chi connectivity index (χ1n) is 8.36. The molecule has 5 aromatic rings. The first-order chi connectivity index (χ1) is 13.1. The highest BCUT2D eigenvalue weighted by Gasteiger charge is 2.14. The second-order valence-corrected chi connectivity index (χ2v) is 6.73. The van der Waals surface area contributed by atoms with Crippen molar-refractivity contribution in [3.63, 3.8) is 0 Å². The Balaban J connectivity index is 1.71. The van der Waals surface area contributed by atoms with Crippen molar-refractivity contribution in [3.05, 3.63) is 59.8 Å². The van der Waals surface area contributed by atoms with Gasteiger partial charge in [0.25, 0.3) is 0 Å². The summed E-state index contributed by atoms with van der Waals surface area (Å²) in [6, 6.07) is 7.76. The molecule has 0 radical (unpaired) electrons. The summed E-state index contributed by atoms with van der Waals surface area (Å²) in [5.41, 5.74) is 5.73. The molecule has 0 bridgehead atoms. The average molecular weight is 376 g/mol. The van der Waals surface area contributed by atoms with Gasteiger partial charge in [-0.15, -0.1) is 0 Å². The van der Waals surface area contributed by atoms with Crippen LogP contribution in [0.1, 0.15) is 5.69 Å². The number of nitrogens with zero attached hydrogens (tertiary/aromatic N) is 7. The molecule has 0 aliphatic rings. The highest BCUT2D eigenvalue weighted by molar-refractivity contribution is 6.31. The lowest BCUT2D eigenvalue weighted by Crippen LogP contribution is -1.98. The van der Waals surface area contributed by atoms with E-state index >= 15 is 0 Å². The second-order valence-electron chi connectivity index (χ2n) is 6.32. The number of hydrogen-bond acceptors (Lipinski definition) is 5. The third kappa shape index (κ3) is 2.55. The van der Waals surface area contributed by atoms with Crippen molar-refractivity contribution < 1.29 is 0 Å². The van der Waals surface area contributed by atoms with E-state index in [0.717, 1.165) is 33.6 Å². The van der Waals surface area contributed by atoms with E-state index in [1.807, 2.05) is 44.4 Å². The van der Waals surface area contributed by atoms with Gasteiger partial charge in [0.15, 0.2) is 11.3 Å². The molecule has 5 aromatic heterocycles. The van der Waals surface area contributed by atoms with Crippen LogP contribution in [0.2, 0.25) is 5.02 Å². The fraction of sp³-hybridized carbons (Fsp3) is 0.105. The number of aryl methyl sites for hydroxylation is 2.